The summed E-state index contributed by atoms with van der Waals surface area (Å²) in [6, 6.07) is 15.0. The topological polar surface area (TPSA) is 92.6 Å². The molecule has 176 valence electrons. The number of nitrogens with zero attached hydrogens (tertiary/aromatic N) is 2. The van der Waals surface area contributed by atoms with Crippen molar-refractivity contribution in [2.45, 2.75) is 33.1 Å². The third-order valence-corrected chi connectivity index (χ3v) is 6.28. The molecule has 0 unspecified atom stereocenters. The van der Waals surface area contributed by atoms with Crippen LogP contribution in [0.1, 0.15) is 42.3 Å². The number of hydrogen-bond donors (Lipinski definition) is 2. The molecular weight excluding hydrogens is 448 g/mol. The summed E-state index contributed by atoms with van der Waals surface area (Å²) >= 11 is 0. The van der Waals surface area contributed by atoms with Crippen LogP contribution in [0.15, 0.2) is 67.1 Å². The minimum Gasteiger partial charge on any atom is -0.322 e. The van der Waals surface area contributed by atoms with Gasteiger partial charge in [-0.25, -0.2) is 13.4 Å². The Hall–Kier alpha value is -3.65. The van der Waals surface area contributed by atoms with E-state index < -0.39 is 10.0 Å². The molecule has 0 atom stereocenters. The Morgan fingerprint density at radius 1 is 1.03 bits per heavy atom. The highest BCUT2D eigenvalue weighted by molar-refractivity contribution is 7.92. The van der Waals surface area contributed by atoms with E-state index in [2.05, 4.69) is 35.8 Å². The number of sulfonamides is 1. The van der Waals surface area contributed by atoms with E-state index in [4.69, 9.17) is 0 Å². The molecule has 0 saturated heterocycles. The summed E-state index contributed by atoms with van der Waals surface area (Å²) < 4.78 is 28.1. The lowest BCUT2D eigenvalue weighted by Crippen LogP contribution is -2.15. The van der Waals surface area contributed by atoms with Gasteiger partial charge in [0, 0.05) is 35.4 Å². The molecule has 8 heteroatoms. The number of imidazole rings is 1. The lowest BCUT2D eigenvalue weighted by Gasteiger charge is -2.19. The second-order valence-electron chi connectivity index (χ2n) is 9.43. The Labute approximate surface area is 199 Å². The number of hydrogen-bond acceptors (Lipinski definition) is 4. The summed E-state index contributed by atoms with van der Waals surface area (Å²) in [4.78, 5) is 17.2. The molecule has 7 nitrogen and oxygen atoms in total. The van der Waals surface area contributed by atoms with Crippen molar-refractivity contribution in [1.82, 2.24) is 9.38 Å². The van der Waals surface area contributed by atoms with Gasteiger partial charge in [-0.3, -0.25) is 9.52 Å². The molecule has 0 radical (unpaired) electrons. The Kier molecular flexibility index (Phi) is 5.95. The van der Waals surface area contributed by atoms with Gasteiger partial charge in [-0.15, -0.1) is 0 Å². The Morgan fingerprint density at radius 3 is 2.38 bits per heavy atom. The van der Waals surface area contributed by atoms with Crippen LogP contribution in [0.2, 0.25) is 0 Å². The van der Waals surface area contributed by atoms with Crippen LogP contribution < -0.4 is 10.0 Å². The molecule has 0 aliphatic heterocycles. The summed E-state index contributed by atoms with van der Waals surface area (Å²) in [6.07, 6.45) is 6.36. The number of benzene rings is 2. The first kappa shape index (κ1) is 23.5. The summed E-state index contributed by atoms with van der Waals surface area (Å²) in [5.41, 5.74) is 5.87. The first-order chi connectivity index (χ1) is 15.9. The average Bonchev–Trinajstić information content (AvgIpc) is 3.23. The fourth-order valence-corrected chi connectivity index (χ4v) is 4.40. The lowest BCUT2D eigenvalue weighted by molar-refractivity contribution is 0.102. The summed E-state index contributed by atoms with van der Waals surface area (Å²) in [6.45, 7) is 8.33. The van der Waals surface area contributed by atoms with Crippen LogP contribution in [0.3, 0.4) is 0 Å². The number of anilines is 2. The largest absolute Gasteiger partial charge is 0.322 e. The van der Waals surface area contributed by atoms with Gasteiger partial charge in [-0.2, -0.15) is 0 Å². The van der Waals surface area contributed by atoms with Crippen molar-refractivity contribution in [3.05, 3.63) is 83.8 Å². The Morgan fingerprint density at radius 2 is 1.74 bits per heavy atom. The fourth-order valence-electron chi connectivity index (χ4n) is 3.86. The number of aromatic nitrogens is 2. The second kappa shape index (κ2) is 8.61. The number of nitrogens with one attached hydrogen (secondary N) is 2. The number of pyridine rings is 1. The fraction of sp³-hybridized carbons (Fsp3) is 0.231. The van der Waals surface area contributed by atoms with Gasteiger partial charge in [-0.1, -0.05) is 45.0 Å². The van der Waals surface area contributed by atoms with Gasteiger partial charge in [0.2, 0.25) is 10.0 Å². The molecule has 2 N–H and O–H groups in total. The van der Waals surface area contributed by atoms with E-state index >= 15 is 0 Å². The lowest BCUT2D eigenvalue weighted by atomic mass is 9.86. The van der Waals surface area contributed by atoms with E-state index in [1.807, 2.05) is 55.6 Å². The zero-order chi connectivity index (χ0) is 24.7. The van der Waals surface area contributed by atoms with Crippen molar-refractivity contribution < 1.29 is 13.2 Å². The first-order valence-electron chi connectivity index (χ1n) is 10.9. The molecule has 2 aromatic heterocycles. The maximum atomic E-state index is 12.9. The summed E-state index contributed by atoms with van der Waals surface area (Å²) in [7, 11) is -3.48. The maximum Gasteiger partial charge on any atom is 0.255 e. The number of carbonyl (C=O) groups excluding carboxylic acids is 1. The normalized spacial score (nSPS) is 12.0. The van der Waals surface area contributed by atoms with Crippen LogP contribution in [0.25, 0.3) is 16.8 Å². The van der Waals surface area contributed by atoms with Crippen LogP contribution in [0.5, 0.6) is 0 Å². The molecule has 0 saturated carbocycles. The molecule has 0 aliphatic carbocycles. The number of carbonyl (C=O) groups is 1. The van der Waals surface area contributed by atoms with Gasteiger partial charge in [0.15, 0.2) is 5.65 Å². The van der Waals surface area contributed by atoms with Crippen molar-refractivity contribution in [3.63, 3.8) is 0 Å². The molecular formula is C26H28N4O3S. The van der Waals surface area contributed by atoms with Crippen LogP contribution >= 0.6 is 0 Å². The Bertz CT molecular complexity index is 1480. The molecule has 0 fully saturated rings. The molecule has 2 heterocycles. The Balaban J connectivity index is 1.67. The number of amides is 1. The van der Waals surface area contributed by atoms with Crippen LogP contribution in [0, 0.1) is 6.92 Å². The predicted molar refractivity (Wildman–Crippen MR) is 137 cm³/mol. The third-order valence-electron chi connectivity index (χ3n) is 5.69. The van der Waals surface area contributed by atoms with Gasteiger partial charge < -0.3 is 9.72 Å². The van der Waals surface area contributed by atoms with Crippen LogP contribution in [-0.4, -0.2) is 30.0 Å². The van der Waals surface area contributed by atoms with E-state index in [9.17, 15) is 13.2 Å². The van der Waals surface area contributed by atoms with E-state index in [0.29, 0.717) is 22.6 Å². The summed E-state index contributed by atoms with van der Waals surface area (Å²) in [5.74, 6) is -0.190. The van der Waals surface area contributed by atoms with Crippen LogP contribution in [0.4, 0.5) is 11.4 Å². The molecule has 0 aliphatic rings. The van der Waals surface area contributed by atoms with Crippen molar-refractivity contribution >= 4 is 33.0 Å². The number of rotatable bonds is 5. The summed E-state index contributed by atoms with van der Waals surface area (Å²) in [5, 5.41) is 3.01. The molecule has 4 rings (SSSR count). The highest BCUT2D eigenvalue weighted by Gasteiger charge is 2.16. The van der Waals surface area contributed by atoms with E-state index in [-0.39, 0.29) is 11.3 Å². The molecule has 0 bridgehead atoms. The molecule has 0 spiro atoms. The van der Waals surface area contributed by atoms with Crippen molar-refractivity contribution in [3.8, 4) is 11.1 Å². The molecule has 4 aromatic rings. The molecule has 34 heavy (non-hydrogen) atoms. The van der Waals surface area contributed by atoms with Gasteiger partial charge in [-0.05, 0) is 53.3 Å². The van der Waals surface area contributed by atoms with E-state index in [1.165, 1.54) is 0 Å². The minimum atomic E-state index is -3.48. The van der Waals surface area contributed by atoms with Gasteiger partial charge in [0.1, 0.15) is 0 Å². The maximum absolute atomic E-state index is 12.9. The predicted octanol–water partition coefficient (Wildman–Crippen LogP) is 5.23. The third kappa shape index (κ3) is 4.97. The average molecular weight is 477 g/mol. The monoisotopic (exact) mass is 476 g/mol. The standard InChI is InChI=1S/C26H28N4O3S/c1-17-21(19-15-23(29-34(5,32)33)24-27-13-14-30(24)16-19)7-6-8-22(17)28-25(31)18-9-11-20(12-10-18)26(2,3)4/h6-16,29H,1-5H3,(H,28,31). The first-order valence-corrected chi connectivity index (χ1v) is 12.8. The smallest absolute Gasteiger partial charge is 0.255 e. The van der Waals surface area contributed by atoms with E-state index in [0.717, 1.165) is 28.5 Å². The molecule has 1 amide bonds. The zero-order valence-corrected chi connectivity index (χ0v) is 20.7. The highest BCUT2D eigenvalue weighted by Crippen LogP contribution is 2.32. The second-order valence-corrected chi connectivity index (χ2v) is 11.2. The van der Waals surface area contributed by atoms with Gasteiger partial charge >= 0.3 is 0 Å². The molecule has 2 aromatic carbocycles. The van der Waals surface area contributed by atoms with Gasteiger partial charge in [0.05, 0.1) is 11.9 Å². The van der Waals surface area contributed by atoms with Crippen molar-refractivity contribution in [2.75, 3.05) is 16.3 Å². The zero-order valence-electron chi connectivity index (χ0n) is 19.9. The highest BCUT2D eigenvalue weighted by atomic mass is 32.2. The van der Waals surface area contributed by atoms with E-state index in [1.54, 1.807) is 22.9 Å². The van der Waals surface area contributed by atoms with Crippen molar-refractivity contribution in [2.24, 2.45) is 0 Å². The SMILES string of the molecule is Cc1c(NC(=O)c2ccc(C(C)(C)C)cc2)cccc1-c1cc(NS(C)(=O)=O)c2nccn2c1. The van der Waals surface area contributed by atoms with Crippen LogP contribution in [-0.2, 0) is 15.4 Å². The number of fused-ring (bicyclic) bond motifs is 1. The van der Waals surface area contributed by atoms with Gasteiger partial charge in [0.25, 0.3) is 5.91 Å². The quantitative estimate of drug-likeness (QED) is 0.412. The van der Waals surface area contributed by atoms with Crippen molar-refractivity contribution in [1.29, 1.82) is 0 Å². The minimum absolute atomic E-state index is 0.0150.